The summed E-state index contributed by atoms with van der Waals surface area (Å²) >= 11 is 0. The fraction of sp³-hybridized carbons (Fsp3) is 0.346. The van der Waals surface area contributed by atoms with Crippen LogP contribution in [-0.4, -0.2) is 29.6 Å². The number of carbonyl (C=O) groups is 2. The van der Waals surface area contributed by atoms with E-state index in [0.717, 1.165) is 45.5 Å². The Bertz CT molecular complexity index is 1240. The number of benzene rings is 2. The van der Waals surface area contributed by atoms with Crippen molar-refractivity contribution in [1.29, 1.82) is 0 Å². The van der Waals surface area contributed by atoms with E-state index in [-0.39, 0.29) is 12.5 Å². The summed E-state index contributed by atoms with van der Waals surface area (Å²) in [6.07, 6.45) is 1.95. The number of furan rings is 1. The minimum Gasteiger partial charge on any atom is -0.481 e. The zero-order valence-corrected chi connectivity index (χ0v) is 19.7. The highest BCUT2D eigenvalue weighted by Gasteiger charge is 2.50. The maximum atomic E-state index is 12.6. The van der Waals surface area contributed by atoms with Crippen molar-refractivity contribution >= 4 is 34.6 Å². The zero-order chi connectivity index (χ0) is 24.3. The first-order valence-corrected chi connectivity index (χ1v) is 11.5. The van der Waals surface area contributed by atoms with Crippen LogP contribution in [-0.2, 0) is 17.8 Å². The first-order chi connectivity index (χ1) is 16.3. The Labute approximate surface area is 198 Å². The third-order valence-corrected chi connectivity index (χ3v) is 6.29. The number of fused-ring (bicyclic) bond motifs is 1. The second-order valence-electron chi connectivity index (χ2n) is 8.88. The van der Waals surface area contributed by atoms with Gasteiger partial charge in [0.05, 0.1) is 12.0 Å². The van der Waals surface area contributed by atoms with Crippen LogP contribution < -0.4 is 16.0 Å². The topological polar surface area (TPSA) is 116 Å². The van der Waals surface area contributed by atoms with E-state index in [1.807, 2.05) is 56.3 Å². The van der Waals surface area contributed by atoms with Gasteiger partial charge in [0.2, 0.25) is 5.96 Å². The minimum absolute atomic E-state index is 0.0827. The second-order valence-corrected chi connectivity index (χ2v) is 8.88. The molecule has 4 rings (SSSR count). The predicted molar refractivity (Wildman–Crippen MR) is 132 cm³/mol. The van der Waals surface area contributed by atoms with Crippen molar-refractivity contribution in [1.82, 2.24) is 10.6 Å². The fourth-order valence-corrected chi connectivity index (χ4v) is 3.82. The normalized spacial score (nSPS) is 14.6. The molecule has 1 saturated carbocycles. The Balaban J connectivity index is 1.51. The number of carbonyl (C=O) groups excluding carboxylic acids is 1. The van der Waals surface area contributed by atoms with Gasteiger partial charge in [0.1, 0.15) is 11.3 Å². The van der Waals surface area contributed by atoms with Crippen LogP contribution >= 0.6 is 0 Å². The number of urea groups is 1. The summed E-state index contributed by atoms with van der Waals surface area (Å²) in [6.45, 7) is 6.56. The van der Waals surface area contributed by atoms with E-state index >= 15 is 0 Å². The Morgan fingerprint density at radius 2 is 1.85 bits per heavy atom. The molecule has 178 valence electrons. The van der Waals surface area contributed by atoms with E-state index in [1.54, 1.807) is 0 Å². The van der Waals surface area contributed by atoms with Crippen LogP contribution in [0.4, 0.5) is 10.5 Å². The van der Waals surface area contributed by atoms with Gasteiger partial charge in [-0.25, -0.2) is 9.79 Å². The molecule has 34 heavy (non-hydrogen) atoms. The van der Waals surface area contributed by atoms with Crippen LogP contribution in [0.3, 0.4) is 0 Å². The molecule has 1 fully saturated rings. The van der Waals surface area contributed by atoms with Crippen LogP contribution in [0.1, 0.15) is 42.2 Å². The van der Waals surface area contributed by atoms with Crippen LogP contribution in [0.15, 0.2) is 51.9 Å². The molecule has 0 bridgehead atoms. The van der Waals surface area contributed by atoms with Crippen molar-refractivity contribution in [3.05, 3.63) is 64.9 Å². The van der Waals surface area contributed by atoms with Gasteiger partial charge in [0.25, 0.3) is 0 Å². The van der Waals surface area contributed by atoms with Crippen molar-refractivity contribution in [3.63, 3.8) is 0 Å². The number of nitrogens with one attached hydrogen (secondary N) is 3. The van der Waals surface area contributed by atoms with E-state index in [2.05, 4.69) is 27.9 Å². The summed E-state index contributed by atoms with van der Waals surface area (Å²) in [4.78, 5) is 28.5. The van der Waals surface area contributed by atoms with E-state index in [0.29, 0.717) is 19.4 Å². The van der Waals surface area contributed by atoms with E-state index in [4.69, 9.17) is 4.42 Å². The van der Waals surface area contributed by atoms with Gasteiger partial charge in [0.15, 0.2) is 0 Å². The molecule has 0 atom stereocenters. The highest BCUT2D eigenvalue weighted by Crippen LogP contribution is 2.45. The molecule has 1 heterocycles. The monoisotopic (exact) mass is 462 g/mol. The molecule has 1 aromatic heterocycles. The number of rotatable bonds is 7. The number of carboxylic acids is 1. The molecule has 2 aromatic carbocycles. The summed E-state index contributed by atoms with van der Waals surface area (Å²) in [5.74, 6) is 0.342. The Hall–Kier alpha value is -3.81. The Morgan fingerprint density at radius 3 is 2.50 bits per heavy atom. The first-order valence-electron chi connectivity index (χ1n) is 11.5. The standard InChI is InChI=1S/C26H30N4O4/c1-4-21-17(3)20-13-19(9-10-22(20)34-21)29-24(27-14-18-7-5-16(2)6-8-18)30-25(33)28-15-26(11-12-26)23(31)32/h5-10,13H,4,11-12,14-15H2,1-3H3,(H,31,32)(H3,27,28,29,30,33). The first kappa shape index (κ1) is 23.4. The molecular formula is C26H30N4O4. The largest absolute Gasteiger partial charge is 0.481 e. The number of aliphatic imine (C=N–C) groups is 1. The summed E-state index contributed by atoms with van der Waals surface area (Å²) in [5.41, 5.74) is 3.98. The lowest BCUT2D eigenvalue weighted by Crippen LogP contribution is -2.45. The molecule has 2 amide bonds. The fourth-order valence-electron chi connectivity index (χ4n) is 3.82. The molecule has 3 aromatic rings. The average Bonchev–Trinajstić information content (AvgIpc) is 3.56. The number of anilines is 1. The number of aryl methyl sites for hydroxylation is 3. The molecule has 0 aliphatic heterocycles. The Morgan fingerprint density at radius 1 is 1.12 bits per heavy atom. The number of hydrogen-bond acceptors (Lipinski definition) is 4. The third kappa shape index (κ3) is 5.22. The van der Waals surface area contributed by atoms with Gasteiger partial charge in [-0.2, -0.15) is 0 Å². The molecule has 0 radical (unpaired) electrons. The summed E-state index contributed by atoms with van der Waals surface area (Å²) in [7, 11) is 0. The maximum absolute atomic E-state index is 12.6. The van der Waals surface area contributed by atoms with Gasteiger partial charge in [0, 0.05) is 24.0 Å². The summed E-state index contributed by atoms with van der Waals surface area (Å²) in [6, 6.07) is 13.2. The molecule has 0 unspecified atom stereocenters. The zero-order valence-electron chi connectivity index (χ0n) is 19.7. The Kier molecular flexibility index (Phi) is 6.58. The van der Waals surface area contributed by atoms with Crippen molar-refractivity contribution in [2.24, 2.45) is 10.4 Å². The van der Waals surface area contributed by atoms with Crippen LogP contribution in [0.5, 0.6) is 0 Å². The molecule has 1 aliphatic rings. The third-order valence-electron chi connectivity index (χ3n) is 6.29. The number of guanidine groups is 1. The van der Waals surface area contributed by atoms with Crippen LogP contribution in [0.25, 0.3) is 11.0 Å². The van der Waals surface area contributed by atoms with Gasteiger partial charge in [-0.05, 0) is 56.0 Å². The van der Waals surface area contributed by atoms with E-state index < -0.39 is 17.4 Å². The van der Waals surface area contributed by atoms with Crippen LogP contribution in [0.2, 0.25) is 0 Å². The second kappa shape index (κ2) is 9.59. The van der Waals surface area contributed by atoms with E-state index in [9.17, 15) is 14.7 Å². The quantitative estimate of drug-likeness (QED) is 0.299. The lowest BCUT2D eigenvalue weighted by Gasteiger charge is -2.15. The number of aliphatic carboxylic acids is 1. The molecular weight excluding hydrogens is 432 g/mol. The molecule has 1 aliphatic carbocycles. The van der Waals surface area contributed by atoms with Gasteiger partial charge < -0.3 is 20.2 Å². The maximum Gasteiger partial charge on any atom is 0.321 e. The number of hydrogen-bond donors (Lipinski definition) is 4. The summed E-state index contributed by atoms with van der Waals surface area (Å²) in [5, 5.41) is 18.9. The number of nitrogens with zero attached hydrogens (tertiary/aromatic N) is 1. The van der Waals surface area contributed by atoms with Crippen LogP contribution in [0, 0.1) is 19.3 Å². The summed E-state index contributed by atoms with van der Waals surface area (Å²) < 4.78 is 5.89. The molecule has 0 spiro atoms. The van der Waals surface area contributed by atoms with Gasteiger partial charge in [-0.15, -0.1) is 0 Å². The highest BCUT2D eigenvalue weighted by molar-refractivity contribution is 6.04. The predicted octanol–water partition coefficient (Wildman–Crippen LogP) is 4.74. The number of carboxylic acid groups (broad SMARTS) is 1. The van der Waals surface area contributed by atoms with Gasteiger partial charge >= 0.3 is 12.0 Å². The smallest absolute Gasteiger partial charge is 0.321 e. The van der Waals surface area contributed by atoms with Crippen molar-refractivity contribution < 1.29 is 19.1 Å². The lowest BCUT2D eigenvalue weighted by atomic mass is 10.1. The van der Waals surface area contributed by atoms with Crippen molar-refractivity contribution in [2.75, 3.05) is 11.9 Å². The van der Waals surface area contributed by atoms with E-state index in [1.165, 1.54) is 0 Å². The lowest BCUT2D eigenvalue weighted by molar-refractivity contribution is -0.143. The molecule has 8 nitrogen and oxygen atoms in total. The van der Waals surface area contributed by atoms with Crippen molar-refractivity contribution in [2.45, 2.75) is 46.6 Å². The highest BCUT2D eigenvalue weighted by atomic mass is 16.4. The number of amides is 2. The molecule has 0 saturated heterocycles. The minimum atomic E-state index is -0.880. The SMILES string of the molecule is CCc1oc2ccc(NC(=NCc3ccc(C)cc3)NC(=O)NCC3(C(=O)O)CC3)cc2c1C. The van der Waals surface area contributed by atoms with Crippen molar-refractivity contribution in [3.8, 4) is 0 Å². The molecule has 8 heteroatoms. The van der Waals surface area contributed by atoms with Gasteiger partial charge in [-0.1, -0.05) is 36.8 Å². The average molecular weight is 463 g/mol. The molecule has 4 N–H and O–H groups in total. The van der Waals surface area contributed by atoms with Gasteiger partial charge in [-0.3, -0.25) is 10.1 Å².